The molecule has 0 aliphatic heterocycles. The fraction of sp³-hybridized carbons (Fsp3) is 0.200. The van der Waals surface area contributed by atoms with Gasteiger partial charge in [-0.25, -0.2) is 4.98 Å². The summed E-state index contributed by atoms with van der Waals surface area (Å²) in [6.45, 7) is 2.06. The molecule has 0 saturated heterocycles. The number of hydrogen-bond acceptors (Lipinski definition) is 5. The van der Waals surface area contributed by atoms with E-state index in [0.717, 1.165) is 16.1 Å². The van der Waals surface area contributed by atoms with E-state index < -0.39 is 0 Å². The number of aryl methyl sites for hydroxylation is 1. The van der Waals surface area contributed by atoms with Crippen molar-refractivity contribution in [2.24, 2.45) is 0 Å². The van der Waals surface area contributed by atoms with Gasteiger partial charge >= 0.3 is 0 Å². The van der Waals surface area contributed by atoms with Gasteiger partial charge in [-0.1, -0.05) is 0 Å². The molecule has 0 unspecified atom stereocenters. The molecule has 0 aromatic carbocycles. The summed E-state index contributed by atoms with van der Waals surface area (Å²) in [4.78, 5) is 6.50. The van der Waals surface area contributed by atoms with Crippen LogP contribution in [0.3, 0.4) is 0 Å². The van der Waals surface area contributed by atoms with Gasteiger partial charge in [0.15, 0.2) is 0 Å². The summed E-state index contributed by atoms with van der Waals surface area (Å²) in [5, 5.41) is 2.56. The van der Waals surface area contributed by atoms with Crippen LogP contribution in [0.5, 0.6) is 0 Å². The van der Waals surface area contributed by atoms with Crippen LogP contribution in [0.1, 0.15) is 9.75 Å². The Bertz CT molecular complexity index is 473. The van der Waals surface area contributed by atoms with Gasteiger partial charge in [-0.05, 0) is 25.2 Å². The van der Waals surface area contributed by atoms with E-state index in [2.05, 4.69) is 18.0 Å². The number of thiocarbonyl (C=S) groups is 1. The van der Waals surface area contributed by atoms with Crippen molar-refractivity contribution in [3.63, 3.8) is 0 Å². The Morgan fingerprint density at radius 3 is 2.93 bits per heavy atom. The average Bonchev–Trinajstić information content (AvgIpc) is 2.84. The zero-order chi connectivity index (χ0) is 10.8. The first-order valence-corrected chi connectivity index (χ1v) is 6.46. The number of aromatic nitrogens is 1. The lowest BCUT2D eigenvalue weighted by atomic mass is 10.2. The topological polar surface area (TPSA) is 22.1 Å². The summed E-state index contributed by atoms with van der Waals surface area (Å²) in [6, 6.07) is 2.10. The monoisotopic (exact) mass is 255 g/mol. The van der Waals surface area contributed by atoms with Crippen LogP contribution >= 0.6 is 34.9 Å². The maximum atomic E-state index is 5.16. The van der Waals surface area contributed by atoms with Crippen molar-refractivity contribution in [3.05, 3.63) is 26.7 Å². The molecule has 2 aromatic heterocycles. The third-order valence-electron chi connectivity index (χ3n) is 1.93. The maximum Gasteiger partial charge on any atom is 0.201 e. The molecule has 0 aliphatic carbocycles. The van der Waals surface area contributed by atoms with E-state index in [1.54, 1.807) is 29.8 Å². The molecule has 15 heavy (non-hydrogen) atoms. The molecule has 2 aromatic rings. The Hall–Kier alpha value is -0.780. The van der Waals surface area contributed by atoms with Crippen LogP contribution in [0.2, 0.25) is 0 Å². The van der Waals surface area contributed by atoms with Crippen LogP contribution in [-0.2, 0) is 4.74 Å². The van der Waals surface area contributed by atoms with Gasteiger partial charge in [0.05, 0.1) is 23.2 Å². The highest BCUT2D eigenvalue weighted by Gasteiger charge is 2.14. The van der Waals surface area contributed by atoms with Gasteiger partial charge in [0.1, 0.15) is 0 Å². The largest absolute Gasteiger partial charge is 0.486 e. The highest BCUT2D eigenvalue weighted by Crippen LogP contribution is 2.31. The van der Waals surface area contributed by atoms with Crippen LogP contribution in [0, 0.1) is 6.92 Å². The molecule has 5 heteroatoms. The number of thiophene rings is 1. The molecular formula is C10H9NOS3. The number of methoxy groups -OCH3 is 1. The summed E-state index contributed by atoms with van der Waals surface area (Å²) >= 11 is 8.39. The van der Waals surface area contributed by atoms with Gasteiger partial charge in [0, 0.05) is 15.8 Å². The van der Waals surface area contributed by atoms with Crippen LogP contribution in [0.15, 0.2) is 17.0 Å². The van der Waals surface area contributed by atoms with Crippen molar-refractivity contribution >= 4 is 39.9 Å². The summed E-state index contributed by atoms with van der Waals surface area (Å²) in [5.74, 6) is 0. The minimum atomic E-state index is 0.538. The molecule has 0 spiro atoms. The Labute approximate surface area is 102 Å². The Kier molecular flexibility index (Phi) is 3.14. The van der Waals surface area contributed by atoms with Gasteiger partial charge in [-0.2, -0.15) is 0 Å². The normalized spacial score (nSPS) is 10.3. The molecule has 0 amide bonds. The van der Waals surface area contributed by atoms with Gasteiger partial charge in [0.2, 0.25) is 5.05 Å². The zero-order valence-corrected chi connectivity index (χ0v) is 10.8. The molecule has 0 saturated carbocycles. The Morgan fingerprint density at radius 2 is 2.33 bits per heavy atom. The molecule has 0 radical (unpaired) electrons. The summed E-state index contributed by atoms with van der Waals surface area (Å²) in [5.41, 5.74) is 3.87. The van der Waals surface area contributed by atoms with Gasteiger partial charge < -0.3 is 4.74 Å². The molecule has 0 aliphatic rings. The summed E-state index contributed by atoms with van der Waals surface area (Å²) < 4.78 is 5.11. The van der Waals surface area contributed by atoms with Crippen LogP contribution in [-0.4, -0.2) is 17.1 Å². The van der Waals surface area contributed by atoms with E-state index in [1.165, 1.54) is 4.88 Å². The fourth-order valence-corrected chi connectivity index (χ4v) is 3.02. The van der Waals surface area contributed by atoms with Crippen molar-refractivity contribution < 1.29 is 4.74 Å². The third kappa shape index (κ3) is 2.09. The highest BCUT2D eigenvalue weighted by atomic mass is 32.1. The van der Waals surface area contributed by atoms with Crippen molar-refractivity contribution in [2.45, 2.75) is 6.92 Å². The smallest absolute Gasteiger partial charge is 0.201 e. The minimum absolute atomic E-state index is 0.538. The second-order valence-electron chi connectivity index (χ2n) is 2.97. The molecule has 2 rings (SSSR count). The number of nitrogens with zero attached hydrogens (tertiary/aromatic N) is 1. The Balaban J connectivity index is 2.52. The average molecular weight is 255 g/mol. The molecular weight excluding hydrogens is 246 g/mol. The SMILES string of the molecule is COC(=S)c1sc(C)cc1-c1cscn1. The molecule has 0 bridgehead atoms. The van der Waals surface area contributed by atoms with E-state index in [-0.39, 0.29) is 0 Å². The number of rotatable bonds is 2. The van der Waals surface area contributed by atoms with Crippen LogP contribution < -0.4 is 0 Å². The minimum Gasteiger partial charge on any atom is -0.486 e. The van der Waals surface area contributed by atoms with Crippen molar-refractivity contribution in [1.29, 1.82) is 0 Å². The number of hydrogen-bond donors (Lipinski definition) is 0. The quantitative estimate of drug-likeness (QED) is 0.767. The van der Waals surface area contributed by atoms with Crippen molar-refractivity contribution in [3.8, 4) is 11.3 Å². The zero-order valence-electron chi connectivity index (χ0n) is 8.31. The van der Waals surface area contributed by atoms with Gasteiger partial charge in [-0.15, -0.1) is 22.7 Å². The third-order valence-corrected chi connectivity index (χ3v) is 4.07. The highest BCUT2D eigenvalue weighted by molar-refractivity contribution is 7.80. The fourth-order valence-electron chi connectivity index (χ4n) is 1.29. The maximum absolute atomic E-state index is 5.16. The second kappa shape index (κ2) is 4.38. The first-order chi connectivity index (χ1) is 7.22. The standard InChI is InChI=1S/C10H9NOS3/c1-6-3-7(8-4-14-5-11-8)9(15-6)10(13)12-2/h3-5H,1-2H3. The van der Waals surface area contributed by atoms with Crippen LogP contribution in [0.25, 0.3) is 11.3 Å². The molecule has 2 nitrogen and oxygen atoms in total. The van der Waals surface area contributed by atoms with Crippen LogP contribution in [0.4, 0.5) is 0 Å². The summed E-state index contributed by atoms with van der Waals surface area (Å²) in [6.07, 6.45) is 0. The number of thiazole rings is 1. The van der Waals surface area contributed by atoms with E-state index in [1.807, 2.05) is 10.9 Å². The predicted octanol–water partition coefficient (Wildman–Crippen LogP) is 3.50. The Morgan fingerprint density at radius 1 is 1.53 bits per heavy atom. The van der Waals surface area contributed by atoms with E-state index in [9.17, 15) is 0 Å². The molecule has 2 heterocycles. The lowest BCUT2D eigenvalue weighted by molar-refractivity contribution is 0.417. The second-order valence-corrected chi connectivity index (χ2v) is 5.31. The first kappa shape index (κ1) is 10.7. The van der Waals surface area contributed by atoms with Gasteiger partial charge in [0.25, 0.3) is 0 Å². The van der Waals surface area contributed by atoms with E-state index in [4.69, 9.17) is 17.0 Å². The van der Waals surface area contributed by atoms with Crippen molar-refractivity contribution in [1.82, 2.24) is 4.98 Å². The lowest BCUT2D eigenvalue weighted by Gasteiger charge is -2.01. The lowest BCUT2D eigenvalue weighted by Crippen LogP contribution is -1.97. The van der Waals surface area contributed by atoms with Gasteiger partial charge in [-0.3, -0.25) is 0 Å². The first-order valence-electron chi connectivity index (χ1n) is 4.29. The number of ether oxygens (including phenoxy) is 1. The van der Waals surface area contributed by atoms with E-state index >= 15 is 0 Å². The van der Waals surface area contributed by atoms with E-state index in [0.29, 0.717) is 5.05 Å². The van der Waals surface area contributed by atoms with Crippen molar-refractivity contribution in [2.75, 3.05) is 7.11 Å². The predicted molar refractivity (Wildman–Crippen MR) is 68.9 cm³/mol. The molecule has 0 atom stereocenters. The molecule has 78 valence electrons. The summed E-state index contributed by atoms with van der Waals surface area (Å²) in [7, 11) is 1.60. The molecule has 0 fully saturated rings. The molecule has 0 N–H and O–H groups in total.